The van der Waals surface area contributed by atoms with Crippen molar-refractivity contribution < 1.29 is 36.2 Å². The van der Waals surface area contributed by atoms with Gasteiger partial charge in [0, 0.05) is 0 Å². The van der Waals surface area contributed by atoms with Crippen LogP contribution in [0.15, 0.2) is 29.4 Å². The lowest BCUT2D eigenvalue weighted by Gasteiger charge is -2.12. The standard InChI is InChI=1S/C14H11F3N4O5S/c1-2-27(24,25)11-4-10-9(3-8(11)14(15,16)17)19-12(20-10)21-6-7(5-18-21)26-13(22)23/h3-6H,2H2,1H3,(H,19,20)(H,22,23). The molecule has 13 heteroatoms. The van der Waals surface area contributed by atoms with E-state index in [4.69, 9.17) is 5.11 Å². The van der Waals surface area contributed by atoms with Crippen LogP contribution < -0.4 is 4.74 Å². The summed E-state index contributed by atoms with van der Waals surface area (Å²) in [4.78, 5) is 16.2. The first-order valence-corrected chi connectivity index (χ1v) is 8.96. The number of imidazole rings is 1. The van der Waals surface area contributed by atoms with Crippen molar-refractivity contribution in [2.24, 2.45) is 0 Å². The molecule has 0 radical (unpaired) electrons. The van der Waals surface area contributed by atoms with Crippen LogP contribution in [0.3, 0.4) is 0 Å². The van der Waals surface area contributed by atoms with Crippen LogP contribution in [0.5, 0.6) is 5.75 Å². The molecular formula is C14H11F3N4O5S. The molecule has 0 aliphatic heterocycles. The maximum Gasteiger partial charge on any atom is 0.511 e. The van der Waals surface area contributed by atoms with E-state index in [2.05, 4.69) is 19.8 Å². The van der Waals surface area contributed by atoms with Crippen LogP contribution >= 0.6 is 0 Å². The number of hydrogen-bond donors (Lipinski definition) is 2. The van der Waals surface area contributed by atoms with E-state index in [9.17, 15) is 26.4 Å². The lowest BCUT2D eigenvalue weighted by Crippen LogP contribution is -2.14. The molecule has 3 rings (SSSR count). The van der Waals surface area contributed by atoms with E-state index in [1.165, 1.54) is 6.92 Å². The fourth-order valence-corrected chi connectivity index (χ4v) is 3.45. The zero-order chi connectivity index (χ0) is 20.0. The molecule has 0 spiro atoms. The fourth-order valence-electron chi connectivity index (χ4n) is 2.34. The van der Waals surface area contributed by atoms with E-state index in [-0.39, 0.29) is 22.7 Å². The molecule has 0 aliphatic carbocycles. The summed E-state index contributed by atoms with van der Waals surface area (Å²) >= 11 is 0. The van der Waals surface area contributed by atoms with Crippen molar-refractivity contribution in [2.45, 2.75) is 18.0 Å². The first-order valence-electron chi connectivity index (χ1n) is 7.31. The summed E-state index contributed by atoms with van der Waals surface area (Å²) in [7, 11) is -4.15. The number of nitrogens with zero attached hydrogens (tertiary/aromatic N) is 3. The molecule has 27 heavy (non-hydrogen) atoms. The van der Waals surface area contributed by atoms with Crippen LogP contribution in [0.4, 0.5) is 18.0 Å². The quantitative estimate of drug-likeness (QED) is 0.640. The number of nitrogens with one attached hydrogen (secondary N) is 1. The molecule has 2 N–H and O–H groups in total. The SMILES string of the molecule is CCS(=O)(=O)c1cc2nc(-n3cc(OC(=O)O)cn3)[nH]c2cc1C(F)(F)F. The second kappa shape index (κ2) is 6.26. The molecule has 0 fully saturated rings. The largest absolute Gasteiger partial charge is 0.511 e. The molecule has 144 valence electrons. The number of carbonyl (C=O) groups is 1. The number of halogens is 3. The molecule has 0 saturated heterocycles. The van der Waals surface area contributed by atoms with Gasteiger partial charge in [0.25, 0.3) is 0 Å². The van der Waals surface area contributed by atoms with Gasteiger partial charge < -0.3 is 14.8 Å². The van der Waals surface area contributed by atoms with Gasteiger partial charge >= 0.3 is 12.3 Å². The van der Waals surface area contributed by atoms with E-state index in [0.29, 0.717) is 6.07 Å². The second-order valence-corrected chi connectivity index (χ2v) is 7.56. The number of ether oxygens (including phenoxy) is 1. The Morgan fingerprint density at radius 1 is 1.37 bits per heavy atom. The summed E-state index contributed by atoms with van der Waals surface area (Å²) < 4.78 is 69.5. The highest BCUT2D eigenvalue weighted by Gasteiger charge is 2.37. The number of carboxylic acid groups (broad SMARTS) is 1. The number of sulfone groups is 1. The highest BCUT2D eigenvalue weighted by atomic mass is 32.2. The lowest BCUT2D eigenvalue weighted by molar-refractivity contribution is -0.139. The van der Waals surface area contributed by atoms with Crippen LogP contribution in [0.1, 0.15) is 12.5 Å². The van der Waals surface area contributed by atoms with Gasteiger partial charge in [0.15, 0.2) is 15.6 Å². The number of alkyl halides is 3. The minimum absolute atomic E-state index is 0.0266. The lowest BCUT2D eigenvalue weighted by atomic mass is 10.2. The van der Waals surface area contributed by atoms with E-state index in [0.717, 1.165) is 23.1 Å². The van der Waals surface area contributed by atoms with Gasteiger partial charge in [-0.1, -0.05) is 6.92 Å². The van der Waals surface area contributed by atoms with E-state index in [1.807, 2.05) is 0 Å². The molecule has 0 atom stereocenters. The normalized spacial score (nSPS) is 12.4. The second-order valence-electron chi connectivity index (χ2n) is 5.32. The van der Waals surface area contributed by atoms with Gasteiger partial charge in [0.2, 0.25) is 5.95 Å². The Morgan fingerprint density at radius 2 is 2.07 bits per heavy atom. The minimum atomic E-state index is -4.88. The maximum absolute atomic E-state index is 13.3. The molecule has 9 nitrogen and oxygen atoms in total. The van der Waals surface area contributed by atoms with Gasteiger partial charge in [0.05, 0.1) is 39.6 Å². The summed E-state index contributed by atoms with van der Waals surface area (Å²) in [5.74, 6) is -0.689. The molecule has 3 aromatic rings. The highest BCUT2D eigenvalue weighted by molar-refractivity contribution is 7.91. The maximum atomic E-state index is 13.3. The van der Waals surface area contributed by atoms with Crippen molar-refractivity contribution in [3.05, 3.63) is 30.1 Å². The molecule has 0 amide bonds. The number of hydrogen-bond acceptors (Lipinski definition) is 6. The number of fused-ring (bicyclic) bond motifs is 1. The molecule has 0 bridgehead atoms. The number of H-pyrrole nitrogens is 1. The number of aromatic nitrogens is 4. The average Bonchev–Trinajstić information content (AvgIpc) is 3.18. The average molecular weight is 404 g/mol. The van der Waals surface area contributed by atoms with Crippen molar-refractivity contribution in [1.29, 1.82) is 0 Å². The Kier molecular flexibility index (Phi) is 4.34. The smallest absolute Gasteiger partial charge is 0.449 e. The van der Waals surface area contributed by atoms with E-state index in [1.54, 1.807) is 0 Å². The zero-order valence-corrected chi connectivity index (χ0v) is 14.3. The molecule has 0 aliphatic rings. The van der Waals surface area contributed by atoms with Crippen molar-refractivity contribution in [2.75, 3.05) is 5.75 Å². The van der Waals surface area contributed by atoms with Crippen LogP contribution in [0.25, 0.3) is 17.0 Å². The Hall–Kier alpha value is -3.09. The van der Waals surface area contributed by atoms with E-state index < -0.39 is 38.4 Å². The van der Waals surface area contributed by atoms with Crippen LogP contribution in [-0.2, 0) is 16.0 Å². The summed E-state index contributed by atoms with van der Waals surface area (Å²) in [6.45, 7) is 1.24. The van der Waals surface area contributed by atoms with Crippen LogP contribution in [-0.4, -0.2) is 45.2 Å². The number of rotatable bonds is 4. The Bertz CT molecular complexity index is 1130. The summed E-state index contributed by atoms with van der Waals surface area (Å²) in [5, 5.41) is 12.3. The molecule has 0 saturated carbocycles. The Labute approximate surface area is 149 Å². The van der Waals surface area contributed by atoms with Crippen molar-refractivity contribution >= 4 is 27.0 Å². The molecule has 1 aromatic carbocycles. The minimum Gasteiger partial charge on any atom is -0.449 e. The topological polar surface area (TPSA) is 127 Å². The molecule has 0 unspecified atom stereocenters. The third kappa shape index (κ3) is 3.58. The van der Waals surface area contributed by atoms with Gasteiger partial charge in [-0.3, -0.25) is 0 Å². The Morgan fingerprint density at radius 3 is 2.67 bits per heavy atom. The molecule has 2 aromatic heterocycles. The Balaban J connectivity index is 2.15. The van der Waals surface area contributed by atoms with Crippen molar-refractivity contribution in [3.8, 4) is 11.7 Å². The predicted octanol–water partition coefficient (Wildman–Crippen LogP) is 2.62. The van der Waals surface area contributed by atoms with Gasteiger partial charge in [0.1, 0.15) is 0 Å². The first kappa shape index (κ1) is 18.7. The van der Waals surface area contributed by atoms with Gasteiger partial charge in [-0.05, 0) is 12.1 Å². The fraction of sp³-hybridized carbons (Fsp3) is 0.214. The van der Waals surface area contributed by atoms with Crippen LogP contribution in [0, 0.1) is 0 Å². The number of benzene rings is 1. The third-order valence-electron chi connectivity index (χ3n) is 3.57. The first-order chi connectivity index (χ1) is 12.5. The zero-order valence-electron chi connectivity index (χ0n) is 13.5. The van der Waals surface area contributed by atoms with Crippen molar-refractivity contribution in [3.63, 3.8) is 0 Å². The van der Waals surface area contributed by atoms with Gasteiger partial charge in [-0.25, -0.2) is 22.9 Å². The van der Waals surface area contributed by atoms with Crippen molar-refractivity contribution in [1.82, 2.24) is 19.7 Å². The highest BCUT2D eigenvalue weighted by Crippen LogP contribution is 2.37. The summed E-state index contributed by atoms with van der Waals surface area (Å²) in [6.07, 6.45) is -4.25. The third-order valence-corrected chi connectivity index (χ3v) is 5.34. The predicted molar refractivity (Wildman–Crippen MR) is 84.6 cm³/mol. The van der Waals surface area contributed by atoms with Crippen LogP contribution in [0.2, 0.25) is 0 Å². The number of aromatic amines is 1. The van der Waals surface area contributed by atoms with E-state index >= 15 is 0 Å². The monoisotopic (exact) mass is 404 g/mol. The molecular weight excluding hydrogens is 393 g/mol. The van der Waals surface area contributed by atoms with Gasteiger partial charge in [-0.15, -0.1) is 0 Å². The summed E-state index contributed by atoms with van der Waals surface area (Å²) in [6, 6.07) is 1.50. The summed E-state index contributed by atoms with van der Waals surface area (Å²) in [5.41, 5.74) is -1.40. The molecule has 2 heterocycles. The van der Waals surface area contributed by atoms with Gasteiger partial charge in [-0.2, -0.15) is 18.3 Å².